The molecule has 394 valence electrons. The highest BCUT2D eigenvalue weighted by Crippen LogP contribution is 2.52. The van der Waals surface area contributed by atoms with Gasteiger partial charge in [-0.15, -0.1) is 11.3 Å². The van der Waals surface area contributed by atoms with Gasteiger partial charge in [0, 0.05) is 60.2 Å². The predicted octanol–water partition coefficient (Wildman–Crippen LogP) is 19.5. The van der Waals surface area contributed by atoms with Gasteiger partial charge in [-0.3, -0.25) is 0 Å². The lowest BCUT2D eigenvalue weighted by Gasteiger charge is -2.44. The van der Waals surface area contributed by atoms with E-state index in [2.05, 4.69) is 305 Å². The number of benzene rings is 9. The summed E-state index contributed by atoms with van der Waals surface area (Å²) < 4.78 is 2.66. The molecule has 12 rings (SSSR count). The number of rotatable bonds is 8. The van der Waals surface area contributed by atoms with Crippen molar-refractivity contribution in [3.63, 3.8) is 0 Å². The fourth-order valence-corrected chi connectivity index (χ4v) is 13.3. The molecule has 0 bridgehead atoms. The third kappa shape index (κ3) is 9.38. The Morgan fingerprint density at radius 2 is 0.924 bits per heavy atom. The summed E-state index contributed by atoms with van der Waals surface area (Å²) in [5.41, 5.74) is 24.7. The van der Waals surface area contributed by atoms with Gasteiger partial charge in [-0.25, -0.2) is 0 Å². The van der Waals surface area contributed by atoms with Crippen molar-refractivity contribution < 1.29 is 0 Å². The first-order chi connectivity index (χ1) is 37.7. The first-order valence-electron chi connectivity index (χ1n) is 28.5. The smallest absolute Gasteiger partial charge is 0.264 e. The normalized spacial score (nSPS) is 13.4. The highest BCUT2D eigenvalue weighted by Gasteiger charge is 2.46. The van der Waals surface area contributed by atoms with E-state index in [0.717, 1.165) is 29.2 Å². The molecular weight excluding hydrogens is 974 g/mol. The van der Waals surface area contributed by atoms with E-state index >= 15 is 0 Å². The Balaban J connectivity index is 1.18. The molecule has 0 spiro atoms. The van der Waals surface area contributed by atoms with Crippen LogP contribution in [0.25, 0.3) is 32.3 Å². The number of hydrogen-bond acceptors (Lipinski definition) is 4. The molecule has 79 heavy (non-hydrogen) atoms. The fraction of sp³-hybridized carbons (Fsp3) is 0.243. The van der Waals surface area contributed by atoms with Crippen LogP contribution in [0.1, 0.15) is 118 Å². The molecule has 1 aromatic heterocycles. The minimum absolute atomic E-state index is 0.0149. The Bertz CT molecular complexity index is 3840. The molecular formula is C74H74BN3S. The molecule has 3 nitrogen and oxygen atoms in total. The number of aryl methyl sites for hydroxylation is 1. The van der Waals surface area contributed by atoms with Gasteiger partial charge in [0.2, 0.25) is 0 Å². The molecule has 0 saturated heterocycles. The molecule has 0 unspecified atom stereocenters. The largest absolute Gasteiger partial charge is 0.311 e. The van der Waals surface area contributed by atoms with Gasteiger partial charge in [0.25, 0.3) is 6.71 Å². The van der Waals surface area contributed by atoms with Crippen molar-refractivity contribution in [3.05, 3.63) is 228 Å². The summed E-state index contributed by atoms with van der Waals surface area (Å²) in [6, 6.07) is 76.8. The van der Waals surface area contributed by atoms with Crippen LogP contribution in [-0.4, -0.2) is 6.71 Å². The molecule has 0 aliphatic carbocycles. The number of nitrogens with zero attached hydrogens (tertiary/aromatic N) is 3. The van der Waals surface area contributed by atoms with Gasteiger partial charge in [0.05, 0.1) is 11.4 Å². The maximum absolute atomic E-state index is 2.65. The third-order valence-electron chi connectivity index (χ3n) is 16.6. The molecule has 10 aromatic rings. The zero-order chi connectivity index (χ0) is 55.3. The van der Waals surface area contributed by atoms with Crippen LogP contribution in [0.3, 0.4) is 0 Å². The number of hydrogen-bond donors (Lipinski definition) is 0. The summed E-state index contributed by atoms with van der Waals surface area (Å²) in [5, 5.41) is 1.28. The molecule has 0 amide bonds. The van der Waals surface area contributed by atoms with Crippen molar-refractivity contribution >= 4 is 95.0 Å². The lowest BCUT2D eigenvalue weighted by Crippen LogP contribution is -2.60. The Morgan fingerprint density at radius 1 is 0.418 bits per heavy atom. The second-order valence-corrected chi connectivity index (χ2v) is 27.3. The summed E-state index contributed by atoms with van der Waals surface area (Å²) in [7, 11) is 0. The van der Waals surface area contributed by atoms with Crippen LogP contribution in [0.4, 0.5) is 51.2 Å². The zero-order valence-corrected chi connectivity index (χ0v) is 49.4. The summed E-state index contributed by atoms with van der Waals surface area (Å²) >= 11 is 1.96. The molecule has 0 radical (unpaired) electrons. The number of anilines is 9. The van der Waals surface area contributed by atoms with Crippen LogP contribution in [-0.2, 0) is 28.1 Å². The van der Waals surface area contributed by atoms with E-state index in [-0.39, 0.29) is 28.4 Å². The second-order valence-electron chi connectivity index (χ2n) is 26.2. The van der Waals surface area contributed by atoms with Crippen LogP contribution < -0.4 is 30.4 Å². The predicted molar refractivity (Wildman–Crippen MR) is 346 cm³/mol. The first-order valence-corrected chi connectivity index (χ1v) is 29.3. The lowest BCUT2D eigenvalue weighted by atomic mass is 9.36. The van der Waals surface area contributed by atoms with Crippen LogP contribution in [0, 0.1) is 0 Å². The maximum atomic E-state index is 2.65. The first kappa shape index (κ1) is 52.1. The topological polar surface area (TPSA) is 9.72 Å². The summed E-state index contributed by atoms with van der Waals surface area (Å²) in [6.45, 7) is 30.0. The van der Waals surface area contributed by atoms with Gasteiger partial charge < -0.3 is 14.7 Å². The second kappa shape index (κ2) is 19.3. The Hall–Kier alpha value is -7.60. The van der Waals surface area contributed by atoms with E-state index in [4.69, 9.17) is 0 Å². The Morgan fingerprint density at radius 3 is 1.47 bits per heavy atom. The van der Waals surface area contributed by atoms with Crippen LogP contribution in [0.2, 0.25) is 0 Å². The molecule has 2 aliphatic heterocycles. The van der Waals surface area contributed by atoms with Crippen LogP contribution in [0.5, 0.6) is 0 Å². The van der Waals surface area contributed by atoms with Gasteiger partial charge in [0.1, 0.15) is 0 Å². The van der Waals surface area contributed by atoms with Crippen molar-refractivity contribution in [1.29, 1.82) is 0 Å². The van der Waals surface area contributed by atoms with Crippen molar-refractivity contribution in [2.24, 2.45) is 0 Å². The van der Waals surface area contributed by atoms with Crippen molar-refractivity contribution in [2.75, 3.05) is 14.7 Å². The number of thiophene rings is 1. The molecule has 2 aliphatic rings. The molecule has 3 heterocycles. The van der Waals surface area contributed by atoms with Gasteiger partial charge in [-0.05, 0) is 168 Å². The van der Waals surface area contributed by atoms with E-state index in [1.54, 1.807) is 0 Å². The Labute approximate surface area is 475 Å². The van der Waals surface area contributed by atoms with E-state index in [9.17, 15) is 0 Å². The average molecular weight is 1050 g/mol. The lowest BCUT2D eigenvalue weighted by molar-refractivity contribution is 0.590. The van der Waals surface area contributed by atoms with Gasteiger partial charge in [0.15, 0.2) is 0 Å². The average Bonchev–Trinajstić information content (AvgIpc) is 3.82. The van der Waals surface area contributed by atoms with Gasteiger partial charge in [-0.1, -0.05) is 205 Å². The maximum Gasteiger partial charge on any atom is 0.264 e. The quantitative estimate of drug-likeness (QED) is 0.140. The number of fused-ring (bicyclic) bond motifs is 6. The van der Waals surface area contributed by atoms with Gasteiger partial charge in [-0.2, -0.15) is 0 Å². The van der Waals surface area contributed by atoms with Crippen molar-refractivity contribution in [2.45, 2.75) is 118 Å². The molecule has 0 atom stereocenters. The standard InChI is InChI=1S/C74H74BN3S/c1-14-48-43-65-68-66(44-48)78(63-41-32-55(74(11,12)13)46-60(63)50-23-19-16-20-24-50)64-47-59(76(56-33-26-52(27-34-56)71(2,3)4)57-35-28-53(29-36-57)72(5,6)7)39-40-62(64)75(68)70-69(77(65)58-37-30-54(31-38-58)73(8,9)10)61-45-51(25-42-67(61)79-70)49-21-17-15-18-22-49/h15-47H,14H2,1-13H3. The third-order valence-corrected chi connectivity index (χ3v) is 17.9. The van der Waals surface area contributed by atoms with Crippen molar-refractivity contribution in [1.82, 2.24) is 0 Å². The fourth-order valence-electron chi connectivity index (χ4n) is 12.0. The summed E-state index contributed by atoms with van der Waals surface area (Å²) in [6.07, 6.45) is 0.884. The molecule has 9 aromatic carbocycles. The summed E-state index contributed by atoms with van der Waals surface area (Å²) in [4.78, 5) is 7.76. The summed E-state index contributed by atoms with van der Waals surface area (Å²) in [5.74, 6) is 0. The zero-order valence-electron chi connectivity index (χ0n) is 48.6. The highest BCUT2D eigenvalue weighted by atomic mass is 32.1. The van der Waals surface area contributed by atoms with E-state index in [0.29, 0.717) is 0 Å². The van der Waals surface area contributed by atoms with E-state index in [1.807, 2.05) is 11.3 Å². The SMILES string of the molecule is CCc1cc2c3c(c1)N(c1ccc(C(C)(C)C)cc1)c1c(sc4ccc(-c5ccccc5)cc14)B3c1ccc(N(c3ccc(C(C)(C)C)cc3)c3ccc(C(C)(C)C)cc3)cc1N2c1ccc(C(C)(C)C)cc1-c1ccccc1. The monoisotopic (exact) mass is 1050 g/mol. The van der Waals surface area contributed by atoms with Crippen LogP contribution >= 0.6 is 11.3 Å². The minimum atomic E-state index is -0.0615. The highest BCUT2D eigenvalue weighted by molar-refractivity contribution is 7.33. The van der Waals surface area contributed by atoms with E-state index in [1.165, 1.54) is 104 Å². The van der Waals surface area contributed by atoms with Crippen LogP contribution in [0.15, 0.2) is 200 Å². The molecule has 5 heteroatoms. The van der Waals surface area contributed by atoms with Crippen molar-refractivity contribution in [3.8, 4) is 22.3 Å². The van der Waals surface area contributed by atoms with E-state index < -0.39 is 0 Å². The Kier molecular flexibility index (Phi) is 12.8. The molecule has 0 fully saturated rings. The van der Waals surface area contributed by atoms with Gasteiger partial charge >= 0.3 is 0 Å². The minimum Gasteiger partial charge on any atom is -0.311 e. The molecule has 0 N–H and O–H groups in total. The molecule has 0 saturated carbocycles.